The molecule has 0 aliphatic rings. The number of aryl methyl sites for hydroxylation is 1. The number of carboxylic acid groups (broad SMARTS) is 1. The van der Waals surface area contributed by atoms with Crippen LogP contribution in [0.15, 0.2) is 59.6 Å². The van der Waals surface area contributed by atoms with Crippen molar-refractivity contribution < 1.29 is 36.2 Å². The van der Waals surface area contributed by atoms with Gasteiger partial charge in [-0.15, -0.1) is 0 Å². The molecule has 0 unspecified atom stereocenters. The summed E-state index contributed by atoms with van der Waals surface area (Å²) in [4.78, 5) is 11.0. The molecule has 0 saturated carbocycles. The number of aromatic nitrogens is 1. The van der Waals surface area contributed by atoms with Crippen LogP contribution in [0.5, 0.6) is 5.75 Å². The molecule has 1 heterocycles. The number of hydrogen-bond donors (Lipinski definition) is 1. The van der Waals surface area contributed by atoms with Gasteiger partial charge in [0.2, 0.25) is 0 Å². The van der Waals surface area contributed by atoms with Crippen molar-refractivity contribution in [2.45, 2.75) is 23.9 Å². The van der Waals surface area contributed by atoms with Crippen LogP contribution in [0.1, 0.15) is 12.0 Å². The summed E-state index contributed by atoms with van der Waals surface area (Å²) in [7, 11) is -3.98. The van der Waals surface area contributed by atoms with Gasteiger partial charge in [-0.3, -0.25) is 4.79 Å². The molecule has 0 bridgehead atoms. The third-order valence-corrected chi connectivity index (χ3v) is 5.82. The number of alkyl halides is 3. The molecule has 0 aliphatic heterocycles. The lowest BCUT2D eigenvalue weighted by Crippen LogP contribution is -2.19. The van der Waals surface area contributed by atoms with Crippen molar-refractivity contribution in [3.8, 4) is 5.75 Å². The Balaban J connectivity index is 2.10. The van der Waals surface area contributed by atoms with Gasteiger partial charge in [0.15, 0.2) is 6.61 Å². The van der Waals surface area contributed by atoms with Crippen LogP contribution in [-0.2, 0) is 21.2 Å². The maximum Gasteiger partial charge on any atom is 0.422 e. The minimum Gasteiger partial charge on any atom is -0.484 e. The Kier molecular flexibility index (Phi) is 5.56. The summed E-state index contributed by atoms with van der Waals surface area (Å²) >= 11 is 0. The van der Waals surface area contributed by atoms with E-state index in [1.807, 2.05) is 0 Å². The van der Waals surface area contributed by atoms with Crippen molar-refractivity contribution in [2.75, 3.05) is 6.61 Å². The summed E-state index contributed by atoms with van der Waals surface area (Å²) in [6.07, 6.45) is -3.49. The Bertz CT molecular complexity index is 1140. The summed E-state index contributed by atoms with van der Waals surface area (Å²) in [6, 6.07) is 11.5. The lowest BCUT2D eigenvalue weighted by Gasteiger charge is -2.10. The number of benzene rings is 2. The van der Waals surface area contributed by atoms with Gasteiger partial charge < -0.3 is 9.84 Å². The number of aliphatic carboxylic acids is 1. The molecule has 29 heavy (non-hydrogen) atoms. The van der Waals surface area contributed by atoms with E-state index in [0.717, 1.165) is 3.97 Å². The molecular weight excluding hydrogens is 411 g/mol. The highest BCUT2D eigenvalue weighted by Crippen LogP contribution is 2.30. The summed E-state index contributed by atoms with van der Waals surface area (Å²) in [5.41, 5.74) is 0.591. The fourth-order valence-electron chi connectivity index (χ4n) is 2.85. The molecule has 0 aliphatic carbocycles. The van der Waals surface area contributed by atoms with Crippen molar-refractivity contribution in [3.63, 3.8) is 0 Å². The van der Waals surface area contributed by atoms with Crippen LogP contribution in [0.4, 0.5) is 13.2 Å². The fourth-order valence-corrected chi connectivity index (χ4v) is 4.26. The minimum absolute atomic E-state index is 0.00582. The van der Waals surface area contributed by atoms with E-state index in [-0.39, 0.29) is 29.0 Å². The van der Waals surface area contributed by atoms with Gasteiger partial charge in [-0.25, -0.2) is 12.4 Å². The van der Waals surface area contributed by atoms with E-state index in [1.54, 1.807) is 18.2 Å². The molecule has 154 valence electrons. The molecule has 1 N–H and O–H groups in total. The van der Waals surface area contributed by atoms with E-state index >= 15 is 0 Å². The molecule has 0 saturated heterocycles. The van der Waals surface area contributed by atoms with Gasteiger partial charge in [-0.1, -0.05) is 18.2 Å². The Morgan fingerprint density at radius 2 is 1.79 bits per heavy atom. The molecule has 0 amide bonds. The number of halogens is 3. The number of nitrogens with zero attached hydrogens (tertiary/aromatic N) is 1. The molecule has 3 rings (SSSR count). The van der Waals surface area contributed by atoms with Gasteiger partial charge in [-0.2, -0.15) is 13.2 Å². The first-order valence-corrected chi connectivity index (χ1v) is 9.88. The number of hydrogen-bond acceptors (Lipinski definition) is 4. The number of carbonyl (C=O) groups is 1. The van der Waals surface area contributed by atoms with Crippen LogP contribution in [-0.4, -0.2) is 36.2 Å². The van der Waals surface area contributed by atoms with Crippen LogP contribution in [0.25, 0.3) is 10.9 Å². The quantitative estimate of drug-likeness (QED) is 0.619. The molecule has 0 spiro atoms. The zero-order chi connectivity index (χ0) is 21.2. The summed E-state index contributed by atoms with van der Waals surface area (Å²) < 4.78 is 69.0. The van der Waals surface area contributed by atoms with Crippen LogP contribution in [0.2, 0.25) is 0 Å². The average molecular weight is 427 g/mol. The Morgan fingerprint density at radius 1 is 1.10 bits per heavy atom. The zero-order valence-electron chi connectivity index (χ0n) is 14.9. The highest BCUT2D eigenvalue weighted by Gasteiger charge is 2.28. The second kappa shape index (κ2) is 7.78. The van der Waals surface area contributed by atoms with Crippen molar-refractivity contribution in [1.29, 1.82) is 0 Å². The standard InChI is InChI=1S/C19H16F3NO5S/c20-19(21,22)12-28-14-7-8-17-16(10-14)13(6-9-18(24)25)11-23(17)29(26,27)15-4-2-1-3-5-15/h1-5,7-8,10-11H,6,9,12H2,(H,24,25). The number of fused-ring (bicyclic) bond motifs is 1. The third kappa shape index (κ3) is 4.70. The summed E-state index contributed by atoms with van der Waals surface area (Å²) in [5, 5.41) is 9.26. The first-order valence-electron chi connectivity index (χ1n) is 8.44. The van der Waals surface area contributed by atoms with Crippen molar-refractivity contribution in [2.24, 2.45) is 0 Å². The molecule has 0 radical (unpaired) electrons. The highest BCUT2D eigenvalue weighted by molar-refractivity contribution is 7.90. The molecule has 0 atom stereocenters. The van der Waals surface area contributed by atoms with Gasteiger partial charge >= 0.3 is 12.1 Å². The molecule has 1 aromatic heterocycles. The maximum atomic E-state index is 13.0. The van der Waals surface area contributed by atoms with Crippen LogP contribution >= 0.6 is 0 Å². The normalized spacial score (nSPS) is 12.2. The van der Waals surface area contributed by atoms with Crippen LogP contribution < -0.4 is 4.74 Å². The molecule has 2 aromatic carbocycles. The van der Waals surface area contributed by atoms with E-state index in [2.05, 4.69) is 0 Å². The van der Waals surface area contributed by atoms with Gasteiger partial charge in [0.25, 0.3) is 10.0 Å². The van der Waals surface area contributed by atoms with Crippen LogP contribution in [0, 0.1) is 0 Å². The Labute approximate surface area is 164 Å². The number of carboxylic acids is 1. The number of ether oxygens (including phenoxy) is 1. The first-order chi connectivity index (χ1) is 13.6. The number of rotatable bonds is 7. The summed E-state index contributed by atoms with van der Waals surface area (Å²) in [6.45, 7) is -1.49. The molecule has 0 fully saturated rings. The largest absolute Gasteiger partial charge is 0.484 e. The van der Waals surface area contributed by atoms with Gasteiger partial charge in [0.05, 0.1) is 10.4 Å². The van der Waals surface area contributed by atoms with E-state index in [0.29, 0.717) is 10.9 Å². The van der Waals surface area contributed by atoms with E-state index in [4.69, 9.17) is 9.84 Å². The smallest absolute Gasteiger partial charge is 0.422 e. The lowest BCUT2D eigenvalue weighted by atomic mass is 10.1. The van der Waals surface area contributed by atoms with E-state index in [9.17, 15) is 26.4 Å². The SMILES string of the molecule is O=C(O)CCc1cn(S(=O)(=O)c2ccccc2)c2ccc(OCC(F)(F)F)cc12. The second-order valence-electron chi connectivity index (χ2n) is 6.24. The Hall–Kier alpha value is -3.01. The van der Waals surface area contributed by atoms with Gasteiger partial charge in [0, 0.05) is 18.0 Å². The Morgan fingerprint density at radius 3 is 2.41 bits per heavy atom. The zero-order valence-corrected chi connectivity index (χ0v) is 15.7. The van der Waals surface area contributed by atoms with E-state index < -0.39 is 28.8 Å². The predicted molar refractivity (Wildman–Crippen MR) is 98.5 cm³/mol. The van der Waals surface area contributed by atoms with Crippen LogP contribution in [0.3, 0.4) is 0 Å². The lowest BCUT2D eigenvalue weighted by molar-refractivity contribution is -0.153. The predicted octanol–water partition coefficient (Wildman–Crippen LogP) is 3.84. The van der Waals surface area contributed by atoms with E-state index in [1.165, 1.54) is 36.5 Å². The van der Waals surface area contributed by atoms with Gasteiger partial charge in [0.1, 0.15) is 5.75 Å². The average Bonchev–Trinajstić information content (AvgIpc) is 3.03. The summed E-state index contributed by atoms with van der Waals surface area (Å²) in [5.74, 6) is -1.18. The minimum atomic E-state index is -4.52. The molecular formula is C19H16F3NO5S. The van der Waals surface area contributed by atoms with Crippen molar-refractivity contribution >= 4 is 26.9 Å². The van der Waals surface area contributed by atoms with Gasteiger partial charge in [-0.05, 0) is 42.3 Å². The third-order valence-electron chi connectivity index (χ3n) is 4.14. The maximum absolute atomic E-state index is 13.0. The van der Waals surface area contributed by atoms with Crippen molar-refractivity contribution in [1.82, 2.24) is 3.97 Å². The monoisotopic (exact) mass is 427 g/mol. The fraction of sp³-hybridized carbons (Fsp3) is 0.211. The topological polar surface area (TPSA) is 85.6 Å². The van der Waals surface area contributed by atoms with Crippen molar-refractivity contribution in [3.05, 3.63) is 60.3 Å². The first kappa shape index (κ1) is 20.7. The molecule has 10 heteroatoms. The highest BCUT2D eigenvalue weighted by atomic mass is 32.2. The second-order valence-corrected chi connectivity index (χ2v) is 8.06. The molecule has 6 nitrogen and oxygen atoms in total. The molecule has 3 aromatic rings.